The molecule has 8 rings (SSSR count). The predicted octanol–water partition coefficient (Wildman–Crippen LogP) is 15.2. The predicted molar refractivity (Wildman–Crippen MR) is 242 cm³/mol. The molecule has 0 saturated heterocycles. The number of hydrogen-bond donors (Lipinski definition) is 0. The summed E-state index contributed by atoms with van der Waals surface area (Å²) in [5, 5.41) is 5.63. The molecule has 2 aliphatic rings. The summed E-state index contributed by atoms with van der Waals surface area (Å²) >= 11 is 1.36. The Balaban J connectivity index is 0.000000334. The van der Waals surface area contributed by atoms with Crippen LogP contribution in [0.2, 0.25) is 0 Å². The van der Waals surface area contributed by atoms with Gasteiger partial charge in [0.15, 0.2) is 0 Å². The van der Waals surface area contributed by atoms with E-state index in [2.05, 4.69) is 144 Å². The zero-order valence-electron chi connectivity index (χ0n) is 33.7. The number of fused-ring (bicyclic) bond motifs is 2. The Labute approximate surface area is 358 Å². The van der Waals surface area contributed by atoms with Gasteiger partial charge < -0.3 is 14.9 Å². The van der Waals surface area contributed by atoms with E-state index in [-0.39, 0.29) is 39.7 Å². The first-order chi connectivity index (χ1) is 24.5. The maximum absolute atomic E-state index is 3.06. The summed E-state index contributed by atoms with van der Waals surface area (Å²) in [5.74, 6) is 0. The van der Waals surface area contributed by atoms with E-state index in [0.29, 0.717) is 10.8 Å². The van der Waals surface area contributed by atoms with Crippen LogP contribution in [0.25, 0.3) is 43.8 Å². The molecular formula is C50H62Cl2SiZr-4. The molecule has 0 heterocycles. The van der Waals surface area contributed by atoms with E-state index in [4.69, 9.17) is 0 Å². The molecule has 2 aliphatic carbocycles. The summed E-state index contributed by atoms with van der Waals surface area (Å²) in [4.78, 5) is 0. The van der Waals surface area contributed by atoms with Gasteiger partial charge in [-0.05, 0) is 84.5 Å². The molecule has 54 heavy (non-hydrogen) atoms. The summed E-state index contributed by atoms with van der Waals surface area (Å²) in [6, 6.07) is 41.4. The van der Waals surface area contributed by atoms with Crippen molar-refractivity contribution in [2.24, 2.45) is 10.8 Å². The van der Waals surface area contributed by atoms with Crippen molar-refractivity contribution in [2.75, 3.05) is 0 Å². The fourth-order valence-electron chi connectivity index (χ4n) is 8.67. The van der Waals surface area contributed by atoms with Gasteiger partial charge >= 0.3 is 30.2 Å². The van der Waals surface area contributed by atoms with Gasteiger partial charge in [0.05, 0.1) is 0 Å². The van der Waals surface area contributed by atoms with E-state index in [9.17, 15) is 0 Å². The maximum atomic E-state index is 3.06. The molecule has 0 aliphatic heterocycles. The summed E-state index contributed by atoms with van der Waals surface area (Å²) in [5.41, 5.74) is 12.5. The number of benzene rings is 4. The van der Waals surface area contributed by atoms with Crippen LogP contribution >= 0.6 is 24.8 Å². The van der Waals surface area contributed by atoms with Crippen LogP contribution in [0.3, 0.4) is 0 Å². The molecule has 0 N–H and O–H groups in total. The molecule has 2 fully saturated rings. The van der Waals surface area contributed by atoms with Gasteiger partial charge in [0.1, 0.15) is 0 Å². The molecule has 2 radical (unpaired) electrons. The van der Waals surface area contributed by atoms with Gasteiger partial charge in [-0.3, -0.25) is 0 Å². The van der Waals surface area contributed by atoms with Gasteiger partial charge in [0.25, 0.3) is 0 Å². The standard InChI is InChI=1S/2C24H27.2CH3.2ClH.Si.Zr/c2*1-3-18-9-11-20(12-10-18)22-8-5-7-21-15-19(16-23(21)22)17-24(4-2)13-6-14-24;;;;;;/h2*5,7-12,15-16H,3-4,6,13-14,17H2,1-2H3;2*1H3;2*1H;;/q4*-1;;;;. The number of hydrogen-bond acceptors (Lipinski definition) is 0. The second kappa shape index (κ2) is 21.9. The van der Waals surface area contributed by atoms with Gasteiger partial charge in [0, 0.05) is 0 Å². The third-order valence-electron chi connectivity index (χ3n) is 12.5. The van der Waals surface area contributed by atoms with Crippen molar-refractivity contribution in [3.8, 4) is 22.3 Å². The van der Waals surface area contributed by atoms with Crippen LogP contribution in [0, 0.1) is 25.7 Å². The topological polar surface area (TPSA) is 0 Å². The van der Waals surface area contributed by atoms with Crippen molar-refractivity contribution < 1.29 is 23.3 Å². The van der Waals surface area contributed by atoms with Crippen LogP contribution in [0.15, 0.2) is 109 Å². The quantitative estimate of drug-likeness (QED) is 0.0951. The monoisotopic (exact) mass is 850 g/mol. The van der Waals surface area contributed by atoms with Crippen molar-refractivity contribution in [3.63, 3.8) is 0 Å². The molecule has 0 aromatic heterocycles. The fraction of sp³-hybridized carbons (Fsp3) is 0.360. The first-order valence-corrected chi connectivity index (χ1v) is 23.4. The molecule has 2 saturated carbocycles. The second-order valence-electron chi connectivity index (χ2n) is 15.2. The Morgan fingerprint density at radius 3 is 1.17 bits per heavy atom. The first kappa shape index (κ1) is 47.9. The molecule has 6 aromatic carbocycles. The Hall–Kier alpha value is -2.22. The zero-order valence-corrected chi connectivity index (χ0v) is 38.8. The van der Waals surface area contributed by atoms with E-state index in [1.54, 1.807) is 0 Å². The number of aryl methyl sites for hydroxylation is 2. The molecule has 4 heteroatoms. The SMILES string of the molecule is CCc1ccc(-c2cccc3[cH-]c(CC4(CC)CCC4)cc23)cc1.CCc1ccc(-c2cccc3[cH-]c(CC4(CC)CCC4)cc23)cc1.Cl.Cl.[CH3-].[CH3-].[Si]=[Zr]. The molecule has 0 amide bonds. The van der Waals surface area contributed by atoms with Gasteiger partial charge in [-0.25, -0.2) is 0 Å². The van der Waals surface area contributed by atoms with Crippen molar-refractivity contribution in [1.82, 2.24) is 0 Å². The molecular weight excluding hydrogens is 791 g/mol. The second-order valence-corrected chi connectivity index (χ2v) is 15.2. The Bertz CT molecular complexity index is 1830. The van der Waals surface area contributed by atoms with E-state index >= 15 is 0 Å². The molecule has 6 aromatic rings. The van der Waals surface area contributed by atoms with E-state index < -0.39 is 0 Å². The first-order valence-electron chi connectivity index (χ1n) is 19.3. The van der Waals surface area contributed by atoms with Crippen LogP contribution < -0.4 is 0 Å². The third-order valence-corrected chi connectivity index (χ3v) is 12.5. The van der Waals surface area contributed by atoms with Crippen molar-refractivity contribution >= 4 is 53.2 Å². The normalized spacial score (nSPS) is 14.5. The van der Waals surface area contributed by atoms with Crippen LogP contribution in [0.1, 0.15) is 101 Å². The van der Waals surface area contributed by atoms with Crippen LogP contribution in [-0.4, -0.2) is 6.88 Å². The van der Waals surface area contributed by atoms with Gasteiger partial charge in [-0.2, -0.15) is 12.1 Å². The summed E-state index contributed by atoms with van der Waals surface area (Å²) in [7, 11) is 0. The minimum absolute atomic E-state index is 0. The van der Waals surface area contributed by atoms with E-state index in [0.717, 1.165) is 12.8 Å². The summed E-state index contributed by atoms with van der Waals surface area (Å²) in [6.45, 7) is 12.2. The average molecular weight is 853 g/mol. The van der Waals surface area contributed by atoms with Crippen LogP contribution in [0.4, 0.5) is 0 Å². The molecule has 0 bridgehead atoms. The van der Waals surface area contributed by atoms with Crippen molar-refractivity contribution in [1.29, 1.82) is 0 Å². The number of rotatable bonds is 10. The molecule has 288 valence electrons. The van der Waals surface area contributed by atoms with Gasteiger partial charge in [-0.15, -0.1) is 93.9 Å². The summed E-state index contributed by atoms with van der Waals surface area (Å²) < 4.78 is 0. The molecule has 0 spiro atoms. The van der Waals surface area contributed by atoms with Crippen LogP contribution in [-0.2, 0) is 49.0 Å². The van der Waals surface area contributed by atoms with Crippen LogP contribution in [0.5, 0.6) is 0 Å². The van der Waals surface area contributed by atoms with E-state index in [1.165, 1.54) is 154 Å². The minimum atomic E-state index is 0. The molecule has 0 unspecified atom stereocenters. The third kappa shape index (κ3) is 10.6. The fourth-order valence-corrected chi connectivity index (χ4v) is 8.67. The van der Waals surface area contributed by atoms with Gasteiger partial charge in [0.2, 0.25) is 0 Å². The van der Waals surface area contributed by atoms with E-state index in [1.807, 2.05) is 0 Å². The van der Waals surface area contributed by atoms with Gasteiger partial charge in [-0.1, -0.05) is 125 Å². The van der Waals surface area contributed by atoms with Crippen molar-refractivity contribution in [3.05, 3.63) is 146 Å². The Morgan fingerprint density at radius 1 is 0.537 bits per heavy atom. The zero-order chi connectivity index (χ0) is 35.1. The average Bonchev–Trinajstić information content (AvgIpc) is 3.76. The van der Waals surface area contributed by atoms with Crippen molar-refractivity contribution in [2.45, 2.75) is 105 Å². The Morgan fingerprint density at radius 2 is 0.889 bits per heavy atom. The molecule has 0 nitrogen and oxygen atoms in total. The molecule has 0 atom stereocenters. The summed E-state index contributed by atoms with van der Waals surface area (Å²) in [6.07, 6.45) is 15.8. The number of halogens is 2. The Kier molecular flexibility index (Phi) is 19.4.